The van der Waals surface area contributed by atoms with Crippen molar-refractivity contribution in [2.24, 2.45) is 0 Å². The molecule has 0 spiro atoms. The molecule has 1 aromatic rings. The van der Waals surface area contributed by atoms with Gasteiger partial charge < -0.3 is 5.32 Å². The summed E-state index contributed by atoms with van der Waals surface area (Å²) < 4.78 is 0. The first-order chi connectivity index (χ1) is 9.02. The van der Waals surface area contributed by atoms with Crippen molar-refractivity contribution in [3.63, 3.8) is 0 Å². The third kappa shape index (κ3) is 2.78. The molecule has 1 aromatic carbocycles. The molecule has 0 bridgehead atoms. The number of carbonyl (C=O) groups excluding carboxylic acids is 2. The summed E-state index contributed by atoms with van der Waals surface area (Å²) in [5, 5.41) is 3.14. The molecular weight excluding hydrogens is 240 g/mol. The lowest BCUT2D eigenvalue weighted by molar-refractivity contribution is -0.138. The number of likely N-dealkylation sites (tertiary alicyclic amines) is 1. The van der Waals surface area contributed by atoms with E-state index < -0.39 is 6.04 Å². The van der Waals surface area contributed by atoms with Crippen molar-refractivity contribution >= 4 is 17.5 Å². The molecule has 1 aliphatic rings. The van der Waals surface area contributed by atoms with Crippen LogP contribution in [0.1, 0.15) is 38.7 Å². The molecule has 2 amide bonds. The molecule has 1 aliphatic heterocycles. The fourth-order valence-corrected chi connectivity index (χ4v) is 2.29. The summed E-state index contributed by atoms with van der Waals surface area (Å²) in [5.41, 5.74) is 2.14. The van der Waals surface area contributed by atoms with E-state index >= 15 is 0 Å². The summed E-state index contributed by atoms with van der Waals surface area (Å²) in [6.07, 6.45) is 0.249. The predicted molar refractivity (Wildman–Crippen MR) is 75.0 cm³/mol. The Bertz CT molecular complexity index is 479. The summed E-state index contributed by atoms with van der Waals surface area (Å²) in [5.74, 6) is 0.267. The summed E-state index contributed by atoms with van der Waals surface area (Å²) in [6.45, 7) is 6.54. The molecule has 0 aliphatic carbocycles. The average Bonchev–Trinajstić information content (AvgIpc) is 2.64. The van der Waals surface area contributed by atoms with Gasteiger partial charge in [0, 0.05) is 12.2 Å². The van der Waals surface area contributed by atoms with Gasteiger partial charge in [-0.25, -0.2) is 0 Å². The highest BCUT2D eigenvalue weighted by Crippen LogP contribution is 2.21. The minimum absolute atomic E-state index is 0.0937. The van der Waals surface area contributed by atoms with Gasteiger partial charge in [-0.3, -0.25) is 14.5 Å². The van der Waals surface area contributed by atoms with E-state index in [0.29, 0.717) is 12.5 Å². The van der Waals surface area contributed by atoms with E-state index in [-0.39, 0.29) is 18.2 Å². The van der Waals surface area contributed by atoms with Gasteiger partial charge >= 0.3 is 0 Å². The lowest BCUT2D eigenvalue weighted by atomic mass is 10.0. The molecule has 1 N–H and O–H groups in total. The lowest BCUT2D eigenvalue weighted by Crippen LogP contribution is -2.34. The van der Waals surface area contributed by atoms with Gasteiger partial charge in [-0.15, -0.1) is 0 Å². The van der Waals surface area contributed by atoms with Gasteiger partial charge in [-0.05, 0) is 30.5 Å². The van der Waals surface area contributed by atoms with Gasteiger partial charge in [-0.2, -0.15) is 0 Å². The molecule has 1 atom stereocenters. The molecular formula is C15H20N2O2. The Morgan fingerprint density at radius 1 is 1.26 bits per heavy atom. The van der Waals surface area contributed by atoms with Gasteiger partial charge in [-0.1, -0.05) is 26.0 Å². The first kappa shape index (κ1) is 13.6. The minimum atomic E-state index is -0.419. The number of hydrogen-bond donors (Lipinski definition) is 1. The fourth-order valence-electron chi connectivity index (χ4n) is 2.29. The number of rotatable bonds is 4. The number of anilines is 1. The number of amides is 2. The Labute approximate surface area is 113 Å². The van der Waals surface area contributed by atoms with Crippen molar-refractivity contribution in [2.75, 3.05) is 11.9 Å². The van der Waals surface area contributed by atoms with E-state index in [1.807, 2.05) is 31.2 Å². The van der Waals surface area contributed by atoms with Crippen LogP contribution in [0.2, 0.25) is 0 Å². The van der Waals surface area contributed by atoms with Crippen molar-refractivity contribution in [1.29, 1.82) is 0 Å². The number of nitrogens with zero attached hydrogens (tertiary/aromatic N) is 1. The van der Waals surface area contributed by atoms with E-state index in [2.05, 4.69) is 19.2 Å². The van der Waals surface area contributed by atoms with Crippen molar-refractivity contribution in [3.8, 4) is 0 Å². The zero-order valence-electron chi connectivity index (χ0n) is 11.6. The maximum Gasteiger partial charge on any atom is 0.252 e. The summed E-state index contributed by atoms with van der Waals surface area (Å²) >= 11 is 0. The number of carbonyl (C=O) groups is 2. The Morgan fingerprint density at radius 3 is 2.37 bits per heavy atom. The average molecular weight is 260 g/mol. The van der Waals surface area contributed by atoms with Crippen molar-refractivity contribution in [3.05, 3.63) is 29.8 Å². The van der Waals surface area contributed by atoms with Crippen molar-refractivity contribution in [1.82, 2.24) is 4.90 Å². The van der Waals surface area contributed by atoms with E-state index in [1.165, 1.54) is 10.5 Å². The Morgan fingerprint density at radius 2 is 1.89 bits per heavy atom. The van der Waals surface area contributed by atoms with Gasteiger partial charge in [0.05, 0.1) is 6.42 Å². The minimum Gasteiger partial charge on any atom is -0.373 e. The molecule has 4 nitrogen and oxygen atoms in total. The molecule has 4 heteroatoms. The Kier molecular flexibility index (Phi) is 3.88. The molecule has 0 aromatic heterocycles. The van der Waals surface area contributed by atoms with Crippen LogP contribution < -0.4 is 5.32 Å². The highest BCUT2D eigenvalue weighted by molar-refractivity contribution is 6.06. The molecule has 1 saturated heterocycles. The second-order valence-electron chi connectivity index (χ2n) is 5.15. The normalized spacial score (nSPS) is 19.4. The topological polar surface area (TPSA) is 49.4 Å². The summed E-state index contributed by atoms with van der Waals surface area (Å²) in [6, 6.07) is 7.60. The van der Waals surface area contributed by atoms with Crippen LogP contribution in [0.25, 0.3) is 0 Å². The monoisotopic (exact) mass is 260 g/mol. The Balaban J connectivity index is 2.06. The zero-order chi connectivity index (χ0) is 14.0. The van der Waals surface area contributed by atoms with E-state index in [0.717, 1.165) is 5.69 Å². The maximum atomic E-state index is 12.0. The molecule has 19 heavy (non-hydrogen) atoms. The van der Waals surface area contributed by atoms with Crippen LogP contribution in [0.4, 0.5) is 5.69 Å². The molecule has 1 unspecified atom stereocenters. The molecule has 1 fully saturated rings. The van der Waals surface area contributed by atoms with Gasteiger partial charge in [0.15, 0.2) is 0 Å². The molecule has 0 radical (unpaired) electrons. The molecule has 1 heterocycles. The highest BCUT2D eigenvalue weighted by Gasteiger charge is 2.37. The van der Waals surface area contributed by atoms with E-state index in [1.54, 1.807) is 0 Å². The number of nitrogens with one attached hydrogen (secondary N) is 1. The van der Waals surface area contributed by atoms with E-state index in [4.69, 9.17) is 0 Å². The third-order valence-electron chi connectivity index (χ3n) is 3.48. The van der Waals surface area contributed by atoms with Crippen molar-refractivity contribution in [2.45, 2.75) is 39.2 Å². The standard InChI is InChI=1S/C15H20N2O2/c1-4-17-14(18)9-13(15(17)19)16-12-7-5-11(6-8-12)10(2)3/h5-8,10,13,16H,4,9H2,1-3H3. The molecule has 0 saturated carbocycles. The largest absolute Gasteiger partial charge is 0.373 e. The molecule has 2 rings (SSSR count). The smallest absolute Gasteiger partial charge is 0.252 e. The predicted octanol–water partition coefficient (Wildman–Crippen LogP) is 2.37. The van der Waals surface area contributed by atoms with Crippen LogP contribution >= 0.6 is 0 Å². The second-order valence-corrected chi connectivity index (χ2v) is 5.15. The van der Waals surface area contributed by atoms with Crippen LogP contribution in [0, 0.1) is 0 Å². The summed E-state index contributed by atoms with van der Waals surface area (Å²) in [4.78, 5) is 24.9. The Hall–Kier alpha value is -1.84. The number of likely N-dealkylation sites (N-methyl/N-ethyl adjacent to an activating group) is 1. The quantitative estimate of drug-likeness (QED) is 0.845. The number of benzene rings is 1. The first-order valence-corrected chi connectivity index (χ1v) is 6.73. The second kappa shape index (κ2) is 5.43. The highest BCUT2D eigenvalue weighted by atomic mass is 16.2. The summed E-state index contributed by atoms with van der Waals surface area (Å²) in [7, 11) is 0. The first-order valence-electron chi connectivity index (χ1n) is 6.73. The maximum absolute atomic E-state index is 12.0. The van der Waals surface area contributed by atoms with Gasteiger partial charge in [0.2, 0.25) is 5.91 Å². The molecule has 102 valence electrons. The van der Waals surface area contributed by atoms with Gasteiger partial charge in [0.1, 0.15) is 6.04 Å². The zero-order valence-corrected chi connectivity index (χ0v) is 11.6. The van der Waals surface area contributed by atoms with Crippen LogP contribution in [-0.4, -0.2) is 29.3 Å². The fraction of sp³-hybridized carbons (Fsp3) is 0.467. The van der Waals surface area contributed by atoms with Gasteiger partial charge in [0.25, 0.3) is 5.91 Å². The number of hydrogen-bond acceptors (Lipinski definition) is 3. The lowest BCUT2D eigenvalue weighted by Gasteiger charge is -2.14. The third-order valence-corrected chi connectivity index (χ3v) is 3.48. The van der Waals surface area contributed by atoms with Crippen LogP contribution in [0.3, 0.4) is 0 Å². The van der Waals surface area contributed by atoms with Crippen LogP contribution in [0.15, 0.2) is 24.3 Å². The van der Waals surface area contributed by atoms with Crippen molar-refractivity contribution < 1.29 is 9.59 Å². The van der Waals surface area contributed by atoms with Crippen LogP contribution in [-0.2, 0) is 9.59 Å². The number of imide groups is 1. The van der Waals surface area contributed by atoms with Crippen LogP contribution in [0.5, 0.6) is 0 Å². The SMILES string of the molecule is CCN1C(=O)CC(Nc2ccc(C(C)C)cc2)C1=O. The van der Waals surface area contributed by atoms with E-state index in [9.17, 15) is 9.59 Å².